The van der Waals surface area contributed by atoms with Crippen LogP contribution in [-0.4, -0.2) is 41.3 Å². The van der Waals surface area contributed by atoms with E-state index >= 15 is 0 Å². The highest BCUT2D eigenvalue weighted by Crippen LogP contribution is 2.27. The summed E-state index contributed by atoms with van der Waals surface area (Å²) in [4.78, 5) is 32.7. The summed E-state index contributed by atoms with van der Waals surface area (Å²) in [6.45, 7) is 3.80. The molecular formula is C23H25N3O2. The topological polar surface area (TPSA) is 56.4 Å². The lowest BCUT2D eigenvalue weighted by molar-refractivity contribution is -0.126. The number of anilines is 1. The number of hydrogen-bond acceptors (Lipinski definition) is 2. The van der Waals surface area contributed by atoms with Crippen LogP contribution in [0.25, 0.3) is 10.9 Å². The van der Waals surface area contributed by atoms with E-state index in [1.54, 1.807) is 11.1 Å². The molecule has 144 valence electrons. The summed E-state index contributed by atoms with van der Waals surface area (Å²) < 4.78 is 0. The van der Waals surface area contributed by atoms with E-state index in [0.29, 0.717) is 25.2 Å². The van der Waals surface area contributed by atoms with Gasteiger partial charge >= 0.3 is 0 Å². The SMILES string of the molecule is CCCCN(C(=O)C1CN(C(=O)c2c[nH]c3ccccc23)C1)c1ccccc1. The van der Waals surface area contributed by atoms with Crippen LogP contribution in [0.1, 0.15) is 30.1 Å². The van der Waals surface area contributed by atoms with Crippen molar-refractivity contribution >= 4 is 28.4 Å². The van der Waals surface area contributed by atoms with Crippen molar-refractivity contribution in [1.29, 1.82) is 0 Å². The summed E-state index contributed by atoms with van der Waals surface area (Å²) in [6, 6.07) is 17.6. The molecule has 5 nitrogen and oxygen atoms in total. The fourth-order valence-corrected chi connectivity index (χ4v) is 3.73. The zero-order chi connectivity index (χ0) is 19.5. The Morgan fingerprint density at radius 1 is 1.07 bits per heavy atom. The molecule has 4 rings (SSSR count). The minimum Gasteiger partial charge on any atom is -0.360 e. The Balaban J connectivity index is 1.44. The summed E-state index contributed by atoms with van der Waals surface area (Å²) in [6.07, 6.45) is 3.76. The van der Waals surface area contributed by atoms with E-state index in [2.05, 4.69) is 11.9 Å². The highest BCUT2D eigenvalue weighted by atomic mass is 16.2. The standard InChI is InChI=1S/C23H25N3O2/c1-2-3-13-26(18-9-5-4-6-10-18)22(27)17-15-25(16-17)23(28)20-14-24-21-12-8-7-11-19(20)21/h4-12,14,17,24H,2-3,13,15-16H2,1H3. The molecule has 2 amide bonds. The van der Waals surface area contributed by atoms with E-state index in [0.717, 1.165) is 29.4 Å². The monoisotopic (exact) mass is 375 g/mol. The average Bonchev–Trinajstić information content (AvgIpc) is 3.12. The third-order valence-electron chi connectivity index (χ3n) is 5.41. The number of hydrogen-bond donors (Lipinski definition) is 1. The summed E-state index contributed by atoms with van der Waals surface area (Å²) in [5.74, 6) is -0.0323. The molecule has 3 aromatic rings. The van der Waals surface area contributed by atoms with E-state index in [1.807, 2.05) is 59.5 Å². The molecular weight excluding hydrogens is 350 g/mol. The van der Waals surface area contributed by atoms with Gasteiger partial charge in [-0.3, -0.25) is 9.59 Å². The minimum atomic E-state index is -0.133. The molecule has 28 heavy (non-hydrogen) atoms. The van der Waals surface area contributed by atoms with Crippen LogP contribution in [0, 0.1) is 5.92 Å². The Bertz CT molecular complexity index is 974. The number of H-pyrrole nitrogens is 1. The van der Waals surface area contributed by atoms with E-state index < -0.39 is 0 Å². The Hall–Kier alpha value is -3.08. The number of fused-ring (bicyclic) bond motifs is 1. The number of benzene rings is 2. The second-order valence-corrected chi connectivity index (χ2v) is 7.33. The lowest BCUT2D eigenvalue weighted by atomic mass is 9.96. The Morgan fingerprint density at radius 3 is 2.54 bits per heavy atom. The van der Waals surface area contributed by atoms with E-state index in [1.165, 1.54) is 0 Å². The summed E-state index contributed by atoms with van der Waals surface area (Å²) in [5.41, 5.74) is 2.56. The molecule has 5 heteroatoms. The predicted octanol–water partition coefficient (Wildman–Crippen LogP) is 4.07. The van der Waals surface area contributed by atoms with Gasteiger partial charge in [0.2, 0.25) is 5.91 Å². The van der Waals surface area contributed by atoms with Crippen LogP contribution in [0.5, 0.6) is 0 Å². The maximum Gasteiger partial charge on any atom is 0.256 e. The number of para-hydroxylation sites is 2. The molecule has 1 aliphatic rings. The lowest BCUT2D eigenvalue weighted by Crippen LogP contribution is -2.56. The Morgan fingerprint density at radius 2 is 1.79 bits per heavy atom. The van der Waals surface area contributed by atoms with Gasteiger partial charge in [0, 0.05) is 42.4 Å². The number of nitrogens with one attached hydrogen (secondary N) is 1. The maximum atomic E-state index is 13.1. The van der Waals surface area contributed by atoms with Gasteiger partial charge in [-0.05, 0) is 24.6 Å². The summed E-state index contributed by atoms with van der Waals surface area (Å²) >= 11 is 0. The second-order valence-electron chi connectivity index (χ2n) is 7.33. The van der Waals surface area contributed by atoms with Crippen LogP contribution < -0.4 is 4.90 Å². The van der Waals surface area contributed by atoms with Crippen molar-refractivity contribution in [2.45, 2.75) is 19.8 Å². The molecule has 0 atom stereocenters. The van der Waals surface area contributed by atoms with Crippen molar-refractivity contribution in [3.8, 4) is 0 Å². The molecule has 0 aliphatic carbocycles. The molecule has 2 aromatic carbocycles. The largest absolute Gasteiger partial charge is 0.360 e. The molecule has 1 fully saturated rings. The first-order valence-electron chi connectivity index (χ1n) is 9.91. The molecule has 1 aromatic heterocycles. The normalized spacial score (nSPS) is 14.1. The van der Waals surface area contributed by atoms with Crippen LogP contribution in [0.2, 0.25) is 0 Å². The molecule has 1 saturated heterocycles. The number of likely N-dealkylation sites (tertiary alicyclic amines) is 1. The third kappa shape index (κ3) is 3.40. The number of rotatable bonds is 6. The van der Waals surface area contributed by atoms with E-state index in [-0.39, 0.29) is 17.7 Å². The Kier molecular flexibility index (Phi) is 5.15. The molecule has 2 heterocycles. The van der Waals surface area contributed by atoms with Gasteiger partial charge in [-0.1, -0.05) is 49.7 Å². The molecule has 0 saturated carbocycles. The number of nitrogens with zero attached hydrogens (tertiary/aromatic N) is 2. The van der Waals surface area contributed by atoms with E-state index in [4.69, 9.17) is 0 Å². The van der Waals surface area contributed by atoms with Crippen molar-refractivity contribution in [3.63, 3.8) is 0 Å². The zero-order valence-corrected chi connectivity index (χ0v) is 16.1. The van der Waals surface area contributed by atoms with Crippen LogP contribution in [-0.2, 0) is 4.79 Å². The zero-order valence-electron chi connectivity index (χ0n) is 16.1. The van der Waals surface area contributed by atoms with Crippen molar-refractivity contribution in [2.24, 2.45) is 5.92 Å². The van der Waals surface area contributed by atoms with E-state index in [9.17, 15) is 9.59 Å². The first-order chi connectivity index (χ1) is 13.7. The van der Waals surface area contributed by atoms with Crippen molar-refractivity contribution in [1.82, 2.24) is 9.88 Å². The van der Waals surface area contributed by atoms with Gasteiger partial charge in [0.05, 0.1) is 11.5 Å². The van der Waals surface area contributed by atoms with Gasteiger partial charge in [-0.2, -0.15) is 0 Å². The predicted molar refractivity (Wildman–Crippen MR) is 111 cm³/mol. The summed E-state index contributed by atoms with van der Waals surface area (Å²) in [5, 5.41) is 0.927. The molecule has 0 bridgehead atoms. The maximum absolute atomic E-state index is 13.1. The molecule has 1 N–H and O–H groups in total. The van der Waals surface area contributed by atoms with Gasteiger partial charge in [0.15, 0.2) is 0 Å². The quantitative estimate of drug-likeness (QED) is 0.706. The smallest absolute Gasteiger partial charge is 0.256 e. The van der Waals surface area contributed by atoms with Gasteiger partial charge in [0.1, 0.15) is 0 Å². The number of carbonyl (C=O) groups excluding carboxylic acids is 2. The number of carbonyl (C=O) groups is 2. The molecule has 0 radical (unpaired) electrons. The number of aromatic amines is 1. The lowest BCUT2D eigenvalue weighted by Gasteiger charge is -2.40. The average molecular weight is 375 g/mol. The van der Waals surface area contributed by atoms with Gasteiger partial charge in [-0.25, -0.2) is 0 Å². The van der Waals surface area contributed by atoms with Crippen molar-refractivity contribution in [3.05, 3.63) is 66.4 Å². The van der Waals surface area contributed by atoms with Gasteiger partial charge < -0.3 is 14.8 Å². The third-order valence-corrected chi connectivity index (χ3v) is 5.41. The van der Waals surface area contributed by atoms with Crippen LogP contribution in [0.4, 0.5) is 5.69 Å². The number of amides is 2. The second kappa shape index (κ2) is 7.89. The highest BCUT2D eigenvalue weighted by molar-refractivity contribution is 6.07. The van der Waals surface area contributed by atoms with Crippen molar-refractivity contribution < 1.29 is 9.59 Å². The number of unbranched alkanes of at least 4 members (excludes halogenated alkanes) is 1. The first-order valence-corrected chi connectivity index (χ1v) is 9.91. The van der Waals surface area contributed by atoms with Crippen molar-refractivity contribution in [2.75, 3.05) is 24.5 Å². The fraction of sp³-hybridized carbons (Fsp3) is 0.304. The summed E-state index contributed by atoms with van der Waals surface area (Å²) in [7, 11) is 0. The van der Waals surface area contributed by atoms with Crippen LogP contribution >= 0.6 is 0 Å². The number of aromatic nitrogens is 1. The van der Waals surface area contributed by atoms with Gasteiger partial charge in [0.25, 0.3) is 5.91 Å². The van der Waals surface area contributed by atoms with Crippen LogP contribution in [0.15, 0.2) is 60.8 Å². The molecule has 0 unspecified atom stereocenters. The van der Waals surface area contributed by atoms with Gasteiger partial charge in [-0.15, -0.1) is 0 Å². The van der Waals surface area contributed by atoms with Crippen LogP contribution in [0.3, 0.4) is 0 Å². The molecule has 1 aliphatic heterocycles. The first kappa shape index (κ1) is 18.3. The highest BCUT2D eigenvalue weighted by Gasteiger charge is 2.38. The Labute approximate surface area is 165 Å². The fourth-order valence-electron chi connectivity index (χ4n) is 3.73. The minimum absolute atomic E-state index is 0.0127. The molecule has 0 spiro atoms.